The van der Waals surface area contributed by atoms with Crippen LogP contribution in [0, 0.1) is 0 Å². The van der Waals surface area contributed by atoms with Crippen molar-refractivity contribution in [1.82, 2.24) is 4.98 Å². The van der Waals surface area contributed by atoms with Crippen molar-refractivity contribution in [3.8, 4) is 0 Å². The van der Waals surface area contributed by atoms with Crippen LogP contribution in [0.3, 0.4) is 0 Å². The quantitative estimate of drug-likeness (QED) is 0.238. The molecule has 0 radical (unpaired) electrons. The number of halogens is 1. The summed E-state index contributed by atoms with van der Waals surface area (Å²) in [5.41, 5.74) is 6.14. The Hall–Kier alpha value is -1.29. The summed E-state index contributed by atoms with van der Waals surface area (Å²) in [6.45, 7) is 0. The van der Waals surface area contributed by atoms with Gasteiger partial charge in [0.1, 0.15) is 11.0 Å². The van der Waals surface area contributed by atoms with E-state index in [1.807, 2.05) is 0 Å². The number of nitrogens with two attached hydrogens (primary N) is 1. The molecule has 0 aliphatic heterocycles. The highest BCUT2D eigenvalue weighted by Gasteiger charge is 1.97. The number of pyridine rings is 1. The van der Waals surface area contributed by atoms with E-state index >= 15 is 0 Å². The Bertz CT molecular complexity index is 283. The van der Waals surface area contributed by atoms with Gasteiger partial charge in [-0.25, -0.2) is 4.98 Å². The maximum absolute atomic E-state index is 8.27. The van der Waals surface area contributed by atoms with Gasteiger partial charge in [-0.2, -0.15) is 0 Å². The zero-order valence-electron chi connectivity index (χ0n) is 6.24. The first-order chi connectivity index (χ1) is 5.72. The first-order valence-corrected chi connectivity index (χ1v) is 3.67. The molecule has 3 N–H and O–H groups in total. The van der Waals surface area contributed by atoms with Crippen molar-refractivity contribution in [2.24, 2.45) is 10.9 Å². The molecule has 0 saturated carbocycles. The van der Waals surface area contributed by atoms with Gasteiger partial charge in [0.15, 0.2) is 0 Å². The molecule has 1 aromatic heterocycles. The first kappa shape index (κ1) is 8.80. The molecule has 4 nitrogen and oxygen atoms in total. The molecule has 0 spiro atoms. The normalized spacial score (nSPS) is 11.6. The van der Waals surface area contributed by atoms with Crippen molar-refractivity contribution in [3.63, 3.8) is 0 Å². The Kier molecular flexibility index (Phi) is 2.88. The van der Waals surface area contributed by atoms with Gasteiger partial charge in [-0.05, 0) is 11.6 Å². The van der Waals surface area contributed by atoms with Crippen LogP contribution in [0.15, 0.2) is 23.5 Å². The summed E-state index contributed by atoms with van der Waals surface area (Å²) >= 11 is 5.56. The Morgan fingerprint density at radius 2 is 2.42 bits per heavy atom. The molecule has 1 aromatic rings. The third-order valence-electron chi connectivity index (χ3n) is 1.30. The van der Waals surface area contributed by atoms with Gasteiger partial charge in [0, 0.05) is 12.6 Å². The zero-order valence-corrected chi connectivity index (χ0v) is 6.99. The summed E-state index contributed by atoms with van der Waals surface area (Å²) in [5.74, 6) is 0.152. The molecule has 1 heterocycles. The summed E-state index contributed by atoms with van der Waals surface area (Å²) in [4.78, 5) is 3.84. The number of rotatable bonds is 2. The van der Waals surface area contributed by atoms with Crippen LogP contribution in [0.5, 0.6) is 0 Å². The van der Waals surface area contributed by atoms with Crippen LogP contribution in [0.1, 0.15) is 5.56 Å². The van der Waals surface area contributed by atoms with Gasteiger partial charge in [-0.15, -0.1) is 0 Å². The maximum Gasteiger partial charge on any atom is 0.143 e. The second-order valence-electron chi connectivity index (χ2n) is 2.26. The van der Waals surface area contributed by atoms with Crippen LogP contribution in [0.4, 0.5) is 0 Å². The second kappa shape index (κ2) is 3.92. The predicted octanol–water partition coefficient (Wildman–Crippen LogP) is 1.02. The average molecular weight is 186 g/mol. The van der Waals surface area contributed by atoms with Gasteiger partial charge in [0.25, 0.3) is 0 Å². The van der Waals surface area contributed by atoms with E-state index in [2.05, 4.69) is 10.1 Å². The molecule has 0 unspecified atom stereocenters. The standard InChI is InChI=1S/C7H8ClN3O/c8-6-2-1-5(4-10-6)3-7(9)11-12/h1-2,4,12H,3H2,(H2,9,11). The highest BCUT2D eigenvalue weighted by molar-refractivity contribution is 6.29. The molecule has 0 fully saturated rings. The smallest absolute Gasteiger partial charge is 0.143 e. The summed E-state index contributed by atoms with van der Waals surface area (Å²) in [6, 6.07) is 3.43. The van der Waals surface area contributed by atoms with Gasteiger partial charge in [-0.1, -0.05) is 22.8 Å². The number of aromatic nitrogens is 1. The largest absolute Gasteiger partial charge is 0.409 e. The van der Waals surface area contributed by atoms with Crippen LogP contribution in [0.25, 0.3) is 0 Å². The number of amidine groups is 1. The fourth-order valence-corrected chi connectivity index (χ4v) is 0.867. The third kappa shape index (κ3) is 2.39. The molecular weight excluding hydrogens is 178 g/mol. The lowest BCUT2D eigenvalue weighted by molar-refractivity contribution is 0.317. The van der Waals surface area contributed by atoms with Gasteiger partial charge >= 0.3 is 0 Å². The molecular formula is C7H8ClN3O. The molecule has 12 heavy (non-hydrogen) atoms. The summed E-state index contributed by atoms with van der Waals surface area (Å²) in [5, 5.41) is 11.5. The van der Waals surface area contributed by atoms with E-state index in [1.54, 1.807) is 18.3 Å². The van der Waals surface area contributed by atoms with Crippen LogP contribution in [-0.4, -0.2) is 16.0 Å². The molecule has 0 aliphatic carbocycles. The first-order valence-electron chi connectivity index (χ1n) is 3.29. The number of hydrogen-bond acceptors (Lipinski definition) is 3. The van der Waals surface area contributed by atoms with Gasteiger partial charge < -0.3 is 10.9 Å². The number of oxime groups is 1. The maximum atomic E-state index is 8.27. The molecule has 0 saturated heterocycles. The van der Waals surface area contributed by atoms with Crippen molar-refractivity contribution in [1.29, 1.82) is 0 Å². The molecule has 0 aliphatic rings. The predicted molar refractivity (Wildman–Crippen MR) is 46.4 cm³/mol. The van der Waals surface area contributed by atoms with Crippen LogP contribution in [0.2, 0.25) is 5.15 Å². The Morgan fingerprint density at radius 3 is 2.92 bits per heavy atom. The topological polar surface area (TPSA) is 71.5 Å². The molecule has 5 heteroatoms. The van der Waals surface area contributed by atoms with Crippen molar-refractivity contribution in [3.05, 3.63) is 29.0 Å². The number of hydrogen-bond donors (Lipinski definition) is 2. The minimum Gasteiger partial charge on any atom is -0.409 e. The van der Waals surface area contributed by atoms with E-state index in [9.17, 15) is 0 Å². The summed E-state index contributed by atoms with van der Waals surface area (Å²) < 4.78 is 0. The Balaban J connectivity index is 2.71. The van der Waals surface area contributed by atoms with Crippen molar-refractivity contribution in [2.45, 2.75) is 6.42 Å². The molecule has 64 valence electrons. The lowest BCUT2D eigenvalue weighted by atomic mass is 10.2. The highest BCUT2D eigenvalue weighted by atomic mass is 35.5. The fraction of sp³-hybridized carbons (Fsp3) is 0.143. The fourth-order valence-electron chi connectivity index (χ4n) is 0.756. The average Bonchev–Trinajstić information content (AvgIpc) is 2.09. The molecule has 1 rings (SSSR count). The number of nitrogens with zero attached hydrogens (tertiary/aromatic N) is 2. The van der Waals surface area contributed by atoms with E-state index in [0.717, 1.165) is 5.56 Å². The van der Waals surface area contributed by atoms with Gasteiger partial charge in [0.2, 0.25) is 0 Å². The highest BCUT2D eigenvalue weighted by Crippen LogP contribution is 2.05. The molecule has 0 atom stereocenters. The zero-order chi connectivity index (χ0) is 8.97. The molecule has 0 amide bonds. The van der Waals surface area contributed by atoms with Gasteiger partial charge in [-0.3, -0.25) is 0 Å². The van der Waals surface area contributed by atoms with Crippen LogP contribution < -0.4 is 5.73 Å². The second-order valence-corrected chi connectivity index (χ2v) is 2.64. The molecule has 0 aromatic carbocycles. The lowest BCUT2D eigenvalue weighted by Crippen LogP contribution is -2.14. The van der Waals surface area contributed by atoms with Crippen LogP contribution >= 0.6 is 11.6 Å². The van der Waals surface area contributed by atoms with Crippen LogP contribution in [-0.2, 0) is 6.42 Å². The summed E-state index contributed by atoms with van der Waals surface area (Å²) in [6.07, 6.45) is 1.96. The van der Waals surface area contributed by atoms with Crippen molar-refractivity contribution >= 4 is 17.4 Å². The van der Waals surface area contributed by atoms with Crippen molar-refractivity contribution < 1.29 is 5.21 Å². The van der Waals surface area contributed by atoms with E-state index in [1.165, 1.54) is 0 Å². The monoisotopic (exact) mass is 185 g/mol. The SMILES string of the molecule is N/C(Cc1ccc(Cl)nc1)=N\O. The van der Waals surface area contributed by atoms with E-state index < -0.39 is 0 Å². The molecule has 0 bridgehead atoms. The lowest BCUT2D eigenvalue weighted by Gasteiger charge is -1.97. The minimum absolute atomic E-state index is 0.152. The van der Waals surface area contributed by atoms with E-state index in [-0.39, 0.29) is 5.84 Å². The Labute approximate surface area is 74.7 Å². The Morgan fingerprint density at radius 1 is 1.67 bits per heavy atom. The van der Waals surface area contributed by atoms with E-state index in [4.69, 9.17) is 22.5 Å². The van der Waals surface area contributed by atoms with Crippen molar-refractivity contribution in [2.75, 3.05) is 0 Å². The van der Waals surface area contributed by atoms with E-state index in [0.29, 0.717) is 11.6 Å². The third-order valence-corrected chi connectivity index (χ3v) is 1.53. The minimum atomic E-state index is 0.152. The summed E-state index contributed by atoms with van der Waals surface area (Å²) in [7, 11) is 0. The van der Waals surface area contributed by atoms with Gasteiger partial charge in [0.05, 0.1) is 0 Å².